The van der Waals surface area contributed by atoms with Gasteiger partial charge in [-0.2, -0.15) is 0 Å². The third-order valence-electron chi connectivity index (χ3n) is 2.98. The molecule has 0 unspecified atom stereocenters. The average molecular weight is 248 g/mol. The topological polar surface area (TPSA) is 30.2 Å². The standard InChI is InChI=1S/C14H16O2S/c1-10-5-4-6-11(2)13(10)9-17(15)14-7-8-16-12(14)3/h4-8H,9H2,1-3H3/t17-/m1/s1. The lowest BCUT2D eigenvalue weighted by atomic mass is 10.1. The van der Waals surface area contributed by atoms with Crippen molar-refractivity contribution in [2.24, 2.45) is 0 Å². The maximum absolute atomic E-state index is 12.3. The van der Waals surface area contributed by atoms with Crippen molar-refractivity contribution < 1.29 is 8.63 Å². The quantitative estimate of drug-likeness (QED) is 0.832. The van der Waals surface area contributed by atoms with Gasteiger partial charge >= 0.3 is 0 Å². The second-order valence-electron chi connectivity index (χ2n) is 4.20. The van der Waals surface area contributed by atoms with Crippen molar-refractivity contribution in [1.82, 2.24) is 0 Å². The molecule has 0 radical (unpaired) electrons. The molecule has 0 N–H and O–H groups in total. The molecule has 0 aliphatic carbocycles. The van der Waals surface area contributed by atoms with E-state index < -0.39 is 10.8 Å². The first-order valence-electron chi connectivity index (χ1n) is 5.57. The van der Waals surface area contributed by atoms with Crippen LogP contribution in [0.15, 0.2) is 39.8 Å². The zero-order chi connectivity index (χ0) is 12.4. The van der Waals surface area contributed by atoms with Crippen LogP contribution in [0.1, 0.15) is 22.5 Å². The van der Waals surface area contributed by atoms with Gasteiger partial charge in [-0.05, 0) is 43.5 Å². The summed E-state index contributed by atoms with van der Waals surface area (Å²) in [6.45, 7) is 5.96. The van der Waals surface area contributed by atoms with Gasteiger partial charge in [0.05, 0.1) is 27.7 Å². The summed E-state index contributed by atoms with van der Waals surface area (Å²) in [5.41, 5.74) is 3.56. The molecule has 2 rings (SSSR count). The van der Waals surface area contributed by atoms with E-state index in [2.05, 4.69) is 26.0 Å². The fourth-order valence-electron chi connectivity index (χ4n) is 1.90. The molecule has 0 bridgehead atoms. The Morgan fingerprint density at radius 1 is 1.12 bits per heavy atom. The second kappa shape index (κ2) is 4.88. The van der Waals surface area contributed by atoms with Crippen molar-refractivity contribution in [3.05, 3.63) is 53.0 Å². The van der Waals surface area contributed by atoms with Crippen LogP contribution in [0, 0.1) is 20.8 Å². The molecule has 0 fully saturated rings. The van der Waals surface area contributed by atoms with E-state index >= 15 is 0 Å². The summed E-state index contributed by atoms with van der Waals surface area (Å²) < 4.78 is 17.4. The van der Waals surface area contributed by atoms with Crippen LogP contribution >= 0.6 is 0 Å². The predicted molar refractivity (Wildman–Crippen MR) is 69.5 cm³/mol. The lowest BCUT2D eigenvalue weighted by Gasteiger charge is -2.08. The third kappa shape index (κ3) is 2.50. The Kier molecular flexibility index (Phi) is 3.48. The molecular weight excluding hydrogens is 232 g/mol. The van der Waals surface area contributed by atoms with E-state index in [0.717, 1.165) is 10.7 Å². The zero-order valence-corrected chi connectivity index (χ0v) is 11.1. The van der Waals surface area contributed by atoms with Crippen molar-refractivity contribution in [3.8, 4) is 0 Å². The van der Waals surface area contributed by atoms with E-state index in [1.165, 1.54) is 16.7 Å². The molecule has 0 saturated heterocycles. The van der Waals surface area contributed by atoms with E-state index in [-0.39, 0.29) is 0 Å². The van der Waals surface area contributed by atoms with Crippen LogP contribution in [0.4, 0.5) is 0 Å². The molecule has 0 amide bonds. The first-order valence-corrected chi connectivity index (χ1v) is 6.89. The molecule has 17 heavy (non-hydrogen) atoms. The Morgan fingerprint density at radius 3 is 2.29 bits per heavy atom. The average Bonchev–Trinajstić information content (AvgIpc) is 2.70. The van der Waals surface area contributed by atoms with E-state index in [4.69, 9.17) is 4.42 Å². The fraction of sp³-hybridized carbons (Fsp3) is 0.286. The highest BCUT2D eigenvalue weighted by molar-refractivity contribution is 7.84. The van der Waals surface area contributed by atoms with Crippen molar-refractivity contribution in [1.29, 1.82) is 0 Å². The summed E-state index contributed by atoms with van der Waals surface area (Å²) in [5, 5.41) is 0. The van der Waals surface area contributed by atoms with Gasteiger partial charge in [-0.15, -0.1) is 0 Å². The Morgan fingerprint density at radius 2 is 1.76 bits per heavy atom. The SMILES string of the molecule is Cc1cccc(C)c1C[S@@](=O)c1ccoc1C. The normalized spacial score (nSPS) is 12.6. The molecule has 1 aromatic heterocycles. The molecule has 0 aliphatic rings. The van der Waals surface area contributed by atoms with E-state index in [0.29, 0.717) is 5.75 Å². The van der Waals surface area contributed by atoms with Crippen molar-refractivity contribution in [3.63, 3.8) is 0 Å². The summed E-state index contributed by atoms with van der Waals surface area (Å²) in [7, 11) is -1.03. The summed E-state index contributed by atoms with van der Waals surface area (Å²) >= 11 is 0. The molecule has 3 heteroatoms. The summed E-state index contributed by atoms with van der Waals surface area (Å²) in [6, 6.07) is 7.93. The molecule has 0 aliphatic heterocycles. The Bertz CT molecular complexity index is 535. The van der Waals surface area contributed by atoms with Crippen molar-refractivity contribution in [2.45, 2.75) is 31.4 Å². The highest BCUT2D eigenvalue weighted by Gasteiger charge is 2.12. The Balaban J connectivity index is 2.28. The third-order valence-corrected chi connectivity index (χ3v) is 4.44. The zero-order valence-electron chi connectivity index (χ0n) is 10.3. The van der Waals surface area contributed by atoms with Crippen molar-refractivity contribution >= 4 is 10.8 Å². The summed E-state index contributed by atoms with van der Waals surface area (Å²) in [5.74, 6) is 1.30. The van der Waals surface area contributed by atoms with Gasteiger partial charge in [0.1, 0.15) is 5.76 Å². The van der Waals surface area contributed by atoms with Gasteiger partial charge < -0.3 is 4.42 Å². The molecule has 1 aromatic carbocycles. The molecular formula is C14H16O2S. The smallest absolute Gasteiger partial charge is 0.116 e. The van der Waals surface area contributed by atoms with Crippen LogP contribution in [0.3, 0.4) is 0 Å². The minimum atomic E-state index is -1.03. The molecule has 1 heterocycles. The summed E-state index contributed by atoms with van der Waals surface area (Å²) in [6.07, 6.45) is 1.59. The number of rotatable bonds is 3. The van der Waals surface area contributed by atoms with Crippen molar-refractivity contribution in [2.75, 3.05) is 0 Å². The maximum Gasteiger partial charge on any atom is 0.116 e. The second-order valence-corrected chi connectivity index (χ2v) is 5.62. The molecule has 2 nitrogen and oxygen atoms in total. The maximum atomic E-state index is 12.3. The van der Waals surface area contributed by atoms with Crippen LogP contribution in [-0.4, -0.2) is 4.21 Å². The Labute approximate surface area is 104 Å². The van der Waals surface area contributed by atoms with Gasteiger partial charge in [-0.25, -0.2) is 0 Å². The summed E-state index contributed by atoms with van der Waals surface area (Å²) in [4.78, 5) is 0.799. The van der Waals surface area contributed by atoms with E-state index in [1.807, 2.05) is 13.0 Å². The van der Waals surface area contributed by atoms with Gasteiger partial charge in [-0.1, -0.05) is 18.2 Å². The van der Waals surface area contributed by atoms with Crippen LogP contribution in [0.25, 0.3) is 0 Å². The minimum absolute atomic E-state index is 0.554. The molecule has 0 spiro atoms. The Hall–Kier alpha value is -1.35. The van der Waals surface area contributed by atoms with Gasteiger partial charge in [0.15, 0.2) is 0 Å². The van der Waals surface area contributed by atoms with Crippen LogP contribution in [-0.2, 0) is 16.6 Å². The first kappa shape index (κ1) is 12.1. The van der Waals surface area contributed by atoms with Crippen LogP contribution in [0.2, 0.25) is 0 Å². The minimum Gasteiger partial charge on any atom is -0.468 e. The fourth-order valence-corrected chi connectivity index (χ4v) is 3.34. The molecule has 90 valence electrons. The highest BCUT2D eigenvalue weighted by atomic mass is 32.2. The molecule has 1 atom stereocenters. The van der Waals surface area contributed by atoms with Gasteiger partial charge in [-0.3, -0.25) is 4.21 Å². The molecule has 0 saturated carbocycles. The number of hydrogen-bond donors (Lipinski definition) is 0. The monoisotopic (exact) mass is 248 g/mol. The number of aryl methyl sites for hydroxylation is 3. The first-order chi connectivity index (χ1) is 8.09. The molecule has 2 aromatic rings. The lowest BCUT2D eigenvalue weighted by molar-refractivity contribution is 0.526. The lowest BCUT2D eigenvalue weighted by Crippen LogP contribution is -2.01. The number of benzene rings is 1. The van der Waals surface area contributed by atoms with Gasteiger partial charge in [0.2, 0.25) is 0 Å². The highest BCUT2D eigenvalue weighted by Crippen LogP contribution is 2.21. The van der Waals surface area contributed by atoms with Crippen LogP contribution in [0.5, 0.6) is 0 Å². The van der Waals surface area contributed by atoms with Gasteiger partial charge in [0, 0.05) is 0 Å². The van der Waals surface area contributed by atoms with Gasteiger partial charge in [0.25, 0.3) is 0 Å². The largest absolute Gasteiger partial charge is 0.468 e. The van der Waals surface area contributed by atoms with E-state index in [9.17, 15) is 4.21 Å². The van der Waals surface area contributed by atoms with Crippen LogP contribution < -0.4 is 0 Å². The predicted octanol–water partition coefficient (Wildman–Crippen LogP) is 3.51. The number of furan rings is 1. The number of hydrogen-bond acceptors (Lipinski definition) is 2. The van der Waals surface area contributed by atoms with E-state index in [1.54, 1.807) is 12.3 Å².